The largest absolute Gasteiger partial charge is 0.457 e. The summed E-state index contributed by atoms with van der Waals surface area (Å²) in [4.78, 5) is 5.04. The van der Waals surface area contributed by atoms with Gasteiger partial charge in [0.05, 0.1) is 11.4 Å². The quantitative estimate of drug-likeness (QED) is 0.205. The SMILES string of the molecule is Nc1ccc(Oc2ccc(-c3cc(-c4ccccc4)cc(-c4ccc(Oc5ccc(N)cc5)cc4)n3)cc2)cc1. The molecular formula is C35H27N3O2. The first-order valence-corrected chi connectivity index (χ1v) is 12.9. The average Bonchev–Trinajstić information content (AvgIpc) is 3.00. The number of anilines is 2. The van der Waals surface area contributed by atoms with Crippen molar-refractivity contribution in [2.24, 2.45) is 0 Å². The van der Waals surface area contributed by atoms with E-state index in [2.05, 4.69) is 24.3 Å². The Morgan fingerprint density at radius 3 is 1.15 bits per heavy atom. The van der Waals surface area contributed by atoms with Gasteiger partial charge in [0.2, 0.25) is 0 Å². The molecule has 0 fully saturated rings. The van der Waals surface area contributed by atoms with Crippen LogP contribution in [-0.2, 0) is 0 Å². The van der Waals surface area contributed by atoms with Crippen molar-refractivity contribution in [1.82, 2.24) is 4.98 Å². The number of nitrogens with two attached hydrogens (primary N) is 2. The highest BCUT2D eigenvalue weighted by Gasteiger charge is 2.10. The van der Waals surface area contributed by atoms with Crippen LogP contribution in [0.25, 0.3) is 33.6 Å². The predicted molar refractivity (Wildman–Crippen MR) is 162 cm³/mol. The van der Waals surface area contributed by atoms with Gasteiger partial charge >= 0.3 is 0 Å². The number of nitrogen functional groups attached to an aromatic ring is 2. The molecule has 5 heteroatoms. The molecule has 0 aliphatic heterocycles. The lowest BCUT2D eigenvalue weighted by Crippen LogP contribution is -1.92. The van der Waals surface area contributed by atoms with Crippen LogP contribution < -0.4 is 20.9 Å². The molecular weight excluding hydrogens is 494 g/mol. The summed E-state index contributed by atoms with van der Waals surface area (Å²) in [6.45, 7) is 0. The fourth-order valence-corrected chi connectivity index (χ4v) is 4.35. The van der Waals surface area contributed by atoms with Crippen molar-refractivity contribution in [2.75, 3.05) is 11.5 Å². The molecule has 0 aliphatic carbocycles. The van der Waals surface area contributed by atoms with E-state index in [4.69, 9.17) is 25.9 Å². The molecule has 0 spiro atoms. The van der Waals surface area contributed by atoms with Crippen LogP contribution in [-0.4, -0.2) is 4.98 Å². The van der Waals surface area contributed by atoms with E-state index in [1.54, 1.807) is 0 Å². The van der Waals surface area contributed by atoms with Gasteiger partial charge in [-0.25, -0.2) is 4.98 Å². The summed E-state index contributed by atoms with van der Waals surface area (Å²) in [6.07, 6.45) is 0. The second-order valence-electron chi connectivity index (χ2n) is 9.38. The van der Waals surface area contributed by atoms with Crippen molar-refractivity contribution < 1.29 is 9.47 Å². The fraction of sp³-hybridized carbons (Fsp3) is 0. The summed E-state index contributed by atoms with van der Waals surface area (Å²) in [5.74, 6) is 2.95. The standard InChI is InChI=1S/C35H27N3O2/c36-28-10-18-32(19-11-28)39-30-14-6-25(7-15-30)34-22-27(24-4-2-1-3-5-24)23-35(38-34)26-8-16-31(17-9-26)40-33-20-12-29(37)13-21-33/h1-23H,36-37H2. The van der Waals surface area contributed by atoms with Gasteiger partial charge < -0.3 is 20.9 Å². The first-order chi connectivity index (χ1) is 19.6. The van der Waals surface area contributed by atoms with E-state index < -0.39 is 0 Å². The Morgan fingerprint density at radius 1 is 0.375 bits per heavy atom. The van der Waals surface area contributed by atoms with Gasteiger partial charge in [0, 0.05) is 22.5 Å². The zero-order valence-corrected chi connectivity index (χ0v) is 21.7. The van der Waals surface area contributed by atoms with Crippen LogP contribution in [0.3, 0.4) is 0 Å². The van der Waals surface area contributed by atoms with Gasteiger partial charge in [-0.15, -0.1) is 0 Å². The minimum atomic E-state index is 0.701. The van der Waals surface area contributed by atoms with Crippen LogP contribution in [0.4, 0.5) is 11.4 Å². The molecule has 40 heavy (non-hydrogen) atoms. The molecule has 4 N–H and O–H groups in total. The van der Waals surface area contributed by atoms with Crippen molar-refractivity contribution in [1.29, 1.82) is 0 Å². The van der Waals surface area contributed by atoms with Crippen LogP contribution in [0.5, 0.6) is 23.0 Å². The minimum Gasteiger partial charge on any atom is -0.457 e. The predicted octanol–water partition coefficient (Wildman–Crippen LogP) is 8.83. The third-order valence-corrected chi connectivity index (χ3v) is 6.46. The summed E-state index contributed by atoms with van der Waals surface area (Å²) in [6, 6.07) is 45.2. The Labute approximate surface area is 233 Å². The molecule has 0 saturated heterocycles. The van der Waals surface area contributed by atoms with Gasteiger partial charge in [0.25, 0.3) is 0 Å². The molecule has 194 valence electrons. The number of ether oxygens (including phenoxy) is 2. The smallest absolute Gasteiger partial charge is 0.127 e. The molecule has 1 aromatic heterocycles. The first kappa shape index (κ1) is 24.8. The Morgan fingerprint density at radius 2 is 0.750 bits per heavy atom. The Kier molecular flexibility index (Phi) is 6.84. The number of pyridine rings is 1. The molecule has 5 nitrogen and oxygen atoms in total. The topological polar surface area (TPSA) is 83.4 Å². The zero-order chi connectivity index (χ0) is 27.3. The van der Waals surface area contributed by atoms with Crippen molar-refractivity contribution in [2.45, 2.75) is 0 Å². The van der Waals surface area contributed by atoms with Crippen LogP contribution in [0.2, 0.25) is 0 Å². The van der Waals surface area contributed by atoms with Gasteiger partial charge in [-0.3, -0.25) is 0 Å². The molecule has 1 heterocycles. The highest BCUT2D eigenvalue weighted by molar-refractivity contribution is 5.77. The van der Waals surface area contributed by atoms with Crippen LogP contribution in [0.15, 0.2) is 140 Å². The summed E-state index contributed by atoms with van der Waals surface area (Å²) in [7, 11) is 0. The van der Waals surface area contributed by atoms with E-state index in [1.807, 2.05) is 115 Å². The summed E-state index contributed by atoms with van der Waals surface area (Å²) >= 11 is 0. The molecule has 0 bridgehead atoms. The highest BCUT2D eigenvalue weighted by atomic mass is 16.5. The zero-order valence-electron chi connectivity index (χ0n) is 21.7. The number of benzene rings is 5. The van der Waals surface area contributed by atoms with E-state index in [9.17, 15) is 0 Å². The second-order valence-corrected chi connectivity index (χ2v) is 9.38. The average molecular weight is 522 g/mol. The Balaban J connectivity index is 1.30. The highest BCUT2D eigenvalue weighted by Crippen LogP contribution is 2.33. The van der Waals surface area contributed by atoms with Crippen molar-refractivity contribution >= 4 is 11.4 Å². The number of aromatic nitrogens is 1. The molecule has 0 unspecified atom stereocenters. The third-order valence-electron chi connectivity index (χ3n) is 6.46. The lowest BCUT2D eigenvalue weighted by molar-refractivity contribution is 0.482. The molecule has 6 aromatic rings. The minimum absolute atomic E-state index is 0.701. The van der Waals surface area contributed by atoms with Crippen molar-refractivity contribution in [3.8, 4) is 56.6 Å². The molecule has 0 aliphatic rings. The van der Waals surface area contributed by atoms with Gasteiger partial charge in [-0.1, -0.05) is 30.3 Å². The van der Waals surface area contributed by atoms with Crippen LogP contribution in [0, 0.1) is 0 Å². The maximum Gasteiger partial charge on any atom is 0.127 e. The lowest BCUT2D eigenvalue weighted by atomic mass is 10.00. The van der Waals surface area contributed by atoms with Crippen molar-refractivity contribution in [3.05, 3.63) is 140 Å². The molecule has 0 radical (unpaired) electrons. The first-order valence-electron chi connectivity index (χ1n) is 12.9. The summed E-state index contributed by atoms with van der Waals surface area (Å²) < 4.78 is 12.0. The molecule has 0 amide bonds. The van der Waals surface area contributed by atoms with E-state index in [-0.39, 0.29) is 0 Å². The van der Waals surface area contributed by atoms with E-state index in [1.165, 1.54) is 0 Å². The van der Waals surface area contributed by atoms with E-state index in [0.717, 1.165) is 56.6 Å². The Hall–Kier alpha value is -5.55. The lowest BCUT2D eigenvalue weighted by Gasteiger charge is -2.12. The monoisotopic (exact) mass is 521 g/mol. The maximum atomic E-state index is 5.98. The van der Waals surface area contributed by atoms with Crippen LogP contribution in [0.1, 0.15) is 0 Å². The number of hydrogen-bond acceptors (Lipinski definition) is 5. The maximum absolute atomic E-state index is 5.98. The van der Waals surface area contributed by atoms with Gasteiger partial charge in [-0.2, -0.15) is 0 Å². The number of hydrogen-bond donors (Lipinski definition) is 2. The number of rotatable bonds is 7. The van der Waals surface area contributed by atoms with E-state index >= 15 is 0 Å². The summed E-state index contributed by atoms with van der Waals surface area (Å²) in [5, 5.41) is 0. The fourth-order valence-electron chi connectivity index (χ4n) is 4.35. The van der Waals surface area contributed by atoms with Gasteiger partial charge in [-0.05, 0) is 120 Å². The molecule has 6 rings (SSSR count). The van der Waals surface area contributed by atoms with E-state index in [0.29, 0.717) is 11.4 Å². The second kappa shape index (κ2) is 11.1. The molecule has 5 aromatic carbocycles. The summed E-state index contributed by atoms with van der Waals surface area (Å²) in [5.41, 5.74) is 18.9. The molecule has 0 saturated carbocycles. The number of nitrogens with zero attached hydrogens (tertiary/aromatic N) is 1. The van der Waals surface area contributed by atoms with Gasteiger partial charge in [0.15, 0.2) is 0 Å². The van der Waals surface area contributed by atoms with Crippen LogP contribution >= 0.6 is 0 Å². The van der Waals surface area contributed by atoms with Crippen molar-refractivity contribution in [3.63, 3.8) is 0 Å². The Bertz CT molecular complexity index is 1610. The molecule has 0 atom stereocenters. The van der Waals surface area contributed by atoms with Gasteiger partial charge in [0.1, 0.15) is 23.0 Å². The normalized spacial score (nSPS) is 10.7. The third kappa shape index (κ3) is 5.79.